The van der Waals surface area contributed by atoms with Crippen molar-refractivity contribution >= 4 is 0 Å². The van der Waals surface area contributed by atoms with Gasteiger partial charge in [-0.25, -0.2) is 5.43 Å². The lowest BCUT2D eigenvalue weighted by Gasteiger charge is -2.48. The molecular formula is C12H21N3O. The summed E-state index contributed by atoms with van der Waals surface area (Å²) in [6.07, 6.45) is 6.71. The van der Waals surface area contributed by atoms with Gasteiger partial charge in [-0.05, 0) is 24.7 Å². The Hall–Kier alpha value is -0.160. The van der Waals surface area contributed by atoms with E-state index in [0.717, 1.165) is 18.3 Å². The van der Waals surface area contributed by atoms with Gasteiger partial charge in [0.2, 0.25) is 0 Å². The van der Waals surface area contributed by atoms with Crippen LogP contribution < -0.4 is 16.2 Å². The van der Waals surface area contributed by atoms with Gasteiger partial charge in [0.25, 0.3) is 0 Å². The summed E-state index contributed by atoms with van der Waals surface area (Å²) in [6, 6.07) is 0.932. The third-order valence-corrected chi connectivity index (χ3v) is 5.38. The molecule has 4 rings (SSSR count). The summed E-state index contributed by atoms with van der Waals surface area (Å²) in [4.78, 5) is 0. The standard InChI is InChI=1S/C12H21N3O/c16-8-5-6-3-1-2-4-7(6)10-9-11(8)14-15-12(9)13-10/h6-16H,1-5H2. The average Bonchev–Trinajstić information content (AvgIpc) is 2.55. The van der Waals surface area contributed by atoms with E-state index in [9.17, 15) is 5.11 Å². The fraction of sp³-hybridized carbons (Fsp3) is 1.00. The summed E-state index contributed by atoms with van der Waals surface area (Å²) in [5.74, 6) is 2.19. The van der Waals surface area contributed by atoms with Crippen LogP contribution in [0.1, 0.15) is 32.1 Å². The minimum atomic E-state index is -0.153. The number of rotatable bonds is 0. The zero-order chi connectivity index (χ0) is 10.7. The van der Waals surface area contributed by atoms with Gasteiger partial charge < -0.3 is 5.11 Å². The van der Waals surface area contributed by atoms with Crippen molar-refractivity contribution in [3.05, 3.63) is 0 Å². The summed E-state index contributed by atoms with van der Waals surface area (Å²) in [5, 5.41) is 14.0. The summed E-state index contributed by atoms with van der Waals surface area (Å²) >= 11 is 0. The molecule has 4 heteroatoms. The Bertz CT molecular complexity index is 298. The number of aliphatic hydroxyl groups excluding tert-OH is 1. The molecule has 4 aliphatic rings. The lowest BCUT2D eigenvalue weighted by molar-refractivity contribution is 0.0588. The molecule has 0 radical (unpaired) electrons. The van der Waals surface area contributed by atoms with Crippen LogP contribution in [-0.2, 0) is 0 Å². The van der Waals surface area contributed by atoms with E-state index in [1.54, 1.807) is 0 Å². The maximum Gasteiger partial charge on any atom is 0.0766 e. The van der Waals surface area contributed by atoms with E-state index in [4.69, 9.17) is 0 Å². The highest BCUT2D eigenvalue weighted by atomic mass is 16.3. The Morgan fingerprint density at radius 1 is 1.00 bits per heavy atom. The molecular weight excluding hydrogens is 202 g/mol. The number of fused-ring (bicyclic) bond motifs is 2. The predicted molar refractivity (Wildman–Crippen MR) is 60.3 cm³/mol. The van der Waals surface area contributed by atoms with Crippen molar-refractivity contribution in [2.45, 2.75) is 56.5 Å². The first-order valence-corrected chi connectivity index (χ1v) is 6.80. The van der Waals surface area contributed by atoms with E-state index in [1.807, 2.05) is 0 Å². The Morgan fingerprint density at radius 2 is 1.88 bits per heavy atom. The van der Waals surface area contributed by atoms with Crippen molar-refractivity contribution in [1.29, 1.82) is 0 Å². The van der Waals surface area contributed by atoms with Crippen LogP contribution in [0, 0.1) is 17.8 Å². The molecule has 2 saturated heterocycles. The first-order chi connectivity index (χ1) is 7.84. The van der Waals surface area contributed by atoms with Crippen molar-refractivity contribution in [2.75, 3.05) is 0 Å². The van der Waals surface area contributed by atoms with E-state index >= 15 is 0 Å². The molecule has 7 unspecified atom stereocenters. The van der Waals surface area contributed by atoms with Gasteiger partial charge in [0.15, 0.2) is 0 Å². The largest absolute Gasteiger partial charge is 0.391 e. The number of aliphatic hydroxyl groups is 1. The maximum absolute atomic E-state index is 10.3. The average molecular weight is 223 g/mol. The Kier molecular flexibility index (Phi) is 2.10. The van der Waals surface area contributed by atoms with Crippen molar-refractivity contribution in [3.63, 3.8) is 0 Å². The molecule has 90 valence electrons. The summed E-state index contributed by atoms with van der Waals surface area (Å²) in [7, 11) is 0. The highest BCUT2D eigenvalue weighted by Crippen LogP contribution is 2.46. The molecule has 16 heavy (non-hydrogen) atoms. The van der Waals surface area contributed by atoms with Crippen LogP contribution in [0.3, 0.4) is 0 Å². The van der Waals surface area contributed by atoms with Gasteiger partial charge in [-0.3, -0.25) is 10.7 Å². The molecule has 0 amide bonds. The SMILES string of the molecule is OC1CC2CCCCC2C2NC3NNC1C32. The van der Waals surface area contributed by atoms with Gasteiger partial charge in [-0.2, -0.15) is 0 Å². The zero-order valence-corrected chi connectivity index (χ0v) is 9.52. The van der Waals surface area contributed by atoms with Crippen molar-refractivity contribution in [1.82, 2.24) is 16.2 Å². The highest BCUT2D eigenvalue weighted by Gasteiger charge is 2.57. The number of hydrazine groups is 1. The minimum absolute atomic E-state index is 0.153. The fourth-order valence-corrected chi connectivity index (χ4v) is 4.59. The normalized spacial score (nSPS) is 59.4. The third kappa shape index (κ3) is 1.19. The van der Waals surface area contributed by atoms with Crippen molar-refractivity contribution in [3.8, 4) is 0 Å². The van der Waals surface area contributed by atoms with Gasteiger partial charge in [0.1, 0.15) is 0 Å². The van der Waals surface area contributed by atoms with E-state index in [0.29, 0.717) is 18.1 Å². The molecule has 4 fully saturated rings. The molecule has 0 aromatic rings. The zero-order valence-electron chi connectivity index (χ0n) is 9.52. The molecule has 2 aliphatic heterocycles. The van der Waals surface area contributed by atoms with E-state index < -0.39 is 0 Å². The predicted octanol–water partition coefficient (Wildman–Crippen LogP) is -0.0521. The Balaban J connectivity index is 1.65. The second-order valence-electron chi connectivity index (χ2n) is 6.07. The summed E-state index contributed by atoms with van der Waals surface area (Å²) < 4.78 is 0. The number of hydrogen-bond donors (Lipinski definition) is 4. The smallest absolute Gasteiger partial charge is 0.0766 e. The first kappa shape index (κ1) is 9.83. The number of hydrogen-bond acceptors (Lipinski definition) is 4. The molecule has 2 saturated carbocycles. The molecule has 0 bridgehead atoms. The second kappa shape index (κ2) is 3.42. The number of nitrogens with one attached hydrogen (secondary N) is 3. The topological polar surface area (TPSA) is 56.3 Å². The van der Waals surface area contributed by atoms with E-state index in [-0.39, 0.29) is 12.1 Å². The van der Waals surface area contributed by atoms with Gasteiger partial charge in [0.05, 0.1) is 18.3 Å². The van der Waals surface area contributed by atoms with E-state index in [1.165, 1.54) is 25.7 Å². The molecule has 7 atom stereocenters. The molecule has 0 aromatic heterocycles. The molecule has 2 aliphatic carbocycles. The lowest BCUT2D eigenvalue weighted by atomic mass is 9.69. The quantitative estimate of drug-likeness (QED) is 0.465. The molecule has 0 spiro atoms. The summed E-state index contributed by atoms with van der Waals surface area (Å²) in [5.41, 5.74) is 6.55. The van der Waals surface area contributed by atoms with Gasteiger partial charge in [-0.1, -0.05) is 19.3 Å². The Labute approximate surface area is 96.1 Å². The molecule has 0 aromatic carbocycles. The van der Waals surface area contributed by atoms with Crippen LogP contribution in [0.4, 0.5) is 0 Å². The van der Waals surface area contributed by atoms with Crippen LogP contribution >= 0.6 is 0 Å². The summed E-state index contributed by atoms with van der Waals surface area (Å²) in [6.45, 7) is 0. The van der Waals surface area contributed by atoms with Gasteiger partial charge in [-0.15, -0.1) is 0 Å². The highest BCUT2D eigenvalue weighted by molar-refractivity contribution is 5.12. The molecule has 4 nitrogen and oxygen atoms in total. The fourth-order valence-electron chi connectivity index (χ4n) is 4.59. The minimum Gasteiger partial charge on any atom is -0.391 e. The van der Waals surface area contributed by atoms with E-state index in [2.05, 4.69) is 16.2 Å². The first-order valence-electron chi connectivity index (χ1n) is 6.80. The van der Waals surface area contributed by atoms with Crippen molar-refractivity contribution in [2.24, 2.45) is 17.8 Å². The lowest BCUT2D eigenvalue weighted by Crippen LogP contribution is -2.68. The maximum atomic E-state index is 10.3. The van der Waals surface area contributed by atoms with Crippen LogP contribution in [-0.4, -0.2) is 29.5 Å². The Morgan fingerprint density at radius 3 is 2.81 bits per heavy atom. The van der Waals surface area contributed by atoms with Crippen LogP contribution in [0.15, 0.2) is 0 Å². The second-order valence-corrected chi connectivity index (χ2v) is 6.07. The molecule has 4 N–H and O–H groups in total. The van der Waals surface area contributed by atoms with Gasteiger partial charge in [0, 0.05) is 12.0 Å². The van der Waals surface area contributed by atoms with Crippen LogP contribution in [0.25, 0.3) is 0 Å². The van der Waals surface area contributed by atoms with Crippen LogP contribution in [0.5, 0.6) is 0 Å². The molecule has 2 heterocycles. The monoisotopic (exact) mass is 223 g/mol. The van der Waals surface area contributed by atoms with Crippen LogP contribution in [0.2, 0.25) is 0 Å². The third-order valence-electron chi connectivity index (χ3n) is 5.38. The van der Waals surface area contributed by atoms with Crippen molar-refractivity contribution < 1.29 is 5.11 Å². The van der Waals surface area contributed by atoms with Gasteiger partial charge >= 0.3 is 0 Å².